The summed E-state index contributed by atoms with van der Waals surface area (Å²) in [6.07, 6.45) is -1.10. The number of nitrogens with zero attached hydrogens (tertiary/aromatic N) is 1. The lowest BCUT2D eigenvalue weighted by Crippen LogP contribution is -2.40. The first-order valence-corrected chi connectivity index (χ1v) is 9.45. The molecule has 0 radical (unpaired) electrons. The van der Waals surface area contributed by atoms with Gasteiger partial charge in [-0.3, -0.25) is 0 Å². The number of fused-ring (bicyclic) bond motifs is 1. The van der Waals surface area contributed by atoms with Gasteiger partial charge < -0.3 is 33.6 Å². The Balaban J connectivity index is 1.57. The summed E-state index contributed by atoms with van der Waals surface area (Å²) in [5.74, 6) is -0.767. The lowest BCUT2D eigenvalue weighted by molar-refractivity contribution is -0.562. The van der Waals surface area contributed by atoms with Crippen molar-refractivity contribution < 1.29 is 33.2 Å². The van der Waals surface area contributed by atoms with Crippen molar-refractivity contribution in [2.24, 2.45) is 0 Å². The number of benzene rings is 1. The first-order valence-electron chi connectivity index (χ1n) is 9.45. The molecule has 8 heteroatoms. The van der Waals surface area contributed by atoms with E-state index in [-0.39, 0.29) is 6.10 Å². The molecule has 1 aromatic rings. The summed E-state index contributed by atoms with van der Waals surface area (Å²) in [5.41, 5.74) is 0.735. The second-order valence-corrected chi connectivity index (χ2v) is 8.19. The fourth-order valence-electron chi connectivity index (χ4n) is 3.90. The summed E-state index contributed by atoms with van der Waals surface area (Å²) >= 11 is 0. The van der Waals surface area contributed by atoms with E-state index in [0.717, 1.165) is 16.1 Å². The Bertz CT molecular complexity index is 745. The Kier molecular flexibility index (Phi) is 4.87. The van der Waals surface area contributed by atoms with Crippen LogP contribution in [0.2, 0.25) is 0 Å². The van der Waals surface area contributed by atoms with Crippen molar-refractivity contribution >= 4 is 6.21 Å². The SMILES string of the molecule is COc1ccc(/C=[N+](\[O-])[C@@H]2O[C@H]([C@H]3COC(C)(C)O3)[C@@H]3OC(C)(C)O[C@@H]32)cc1. The first kappa shape index (κ1) is 19.6. The Hall–Kier alpha value is -1.71. The zero-order valence-corrected chi connectivity index (χ0v) is 16.8. The van der Waals surface area contributed by atoms with Gasteiger partial charge in [0.05, 0.1) is 13.7 Å². The lowest BCUT2D eigenvalue weighted by atomic mass is 10.1. The molecular weight excluding hydrogens is 366 g/mol. The van der Waals surface area contributed by atoms with Crippen LogP contribution in [-0.2, 0) is 23.7 Å². The molecule has 0 spiro atoms. The van der Waals surface area contributed by atoms with E-state index in [4.69, 9.17) is 28.4 Å². The Morgan fingerprint density at radius 1 is 1.00 bits per heavy atom. The fraction of sp³-hybridized carbons (Fsp3) is 0.650. The van der Waals surface area contributed by atoms with Crippen molar-refractivity contribution in [3.63, 3.8) is 0 Å². The lowest BCUT2D eigenvalue weighted by Gasteiger charge is -2.26. The molecule has 0 unspecified atom stereocenters. The van der Waals surface area contributed by atoms with Crippen LogP contribution in [0.25, 0.3) is 0 Å². The van der Waals surface area contributed by atoms with Crippen molar-refractivity contribution in [2.75, 3.05) is 13.7 Å². The van der Waals surface area contributed by atoms with Gasteiger partial charge >= 0.3 is 0 Å². The maximum atomic E-state index is 12.9. The minimum atomic E-state index is -0.841. The monoisotopic (exact) mass is 393 g/mol. The number of methoxy groups -OCH3 is 1. The van der Waals surface area contributed by atoms with Gasteiger partial charge in [-0.2, -0.15) is 4.74 Å². The average molecular weight is 393 g/mol. The highest BCUT2D eigenvalue weighted by molar-refractivity contribution is 5.75. The van der Waals surface area contributed by atoms with Gasteiger partial charge in [-0.25, -0.2) is 0 Å². The molecule has 0 aromatic heterocycles. The molecule has 0 saturated carbocycles. The first-order chi connectivity index (χ1) is 13.2. The second kappa shape index (κ2) is 6.96. The molecule has 0 N–H and O–H groups in total. The van der Waals surface area contributed by atoms with Crippen molar-refractivity contribution in [3.8, 4) is 5.75 Å². The van der Waals surface area contributed by atoms with Crippen LogP contribution in [0, 0.1) is 5.21 Å². The van der Waals surface area contributed by atoms with Crippen molar-refractivity contribution in [2.45, 2.75) is 69.9 Å². The quantitative estimate of drug-likeness (QED) is 0.335. The molecule has 3 saturated heterocycles. The summed E-state index contributed by atoms with van der Waals surface area (Å²) in [4.78, 5) is 0. The summed E-state index contributed by atoms with van der Waals surface area (Å²) in [7, 11) is 1.60. The number of hydrogen-bond donors (Lipinski definition) is 0. The number of ether oxygens (including phenoxy) is 6. The third-order valence-corrected chi connectivity index (χ3v) is 5.10. The molecule has 3 heterocycles. The second-order valence-electron chi connectivity index (χ2n) is 8.19. The molecular formula is C20H27NO7. The molecule has 0 amide bonds. The van der Waals surface area contributed by atoms with E-state index in [1.165, 1.54) is 6.21 Å². The molecule has 3 aliphatic heterocycles. The molecule has 1 aromatic carbocycles. The molecule has 0 bridgehead atoms. The van der Waals surface area contributed by atoms with Crippen molar-refractivity contribution in [1.29, 1.82) is 0 Å². The van der Waals surface area contributed by atoms with Gasteiger partial charge in [-0.05, 0) is 52.0 Å². The maximum Gasteiger partial charge on any atom is 0.297 e. The van der Waals surface area contributed by atoms with E-state index >= 15 is 0 Å². The van der Waals surface area contributed by atoms with Gasteiger partial charge in [0.2, 0.25) is 0 Å². The summed E-state index contributed by atoms with van der Waals surface area (Å²) in [6.45, 7) is 7.74. The molecule has 154 valence electrons. The Labute approximate surface area is 164 Å². The van der Waals surface area contributed by atoms with E-state index in [0.29, 0.717) is 6.61 Å². The Morgan fingerprint density at radius 2 is 1.68 bits per heavy atom. The van der Waals surface area contributed by atoms with Crippen LogP contribution in [0.1, 0.15) is 33.3 Å². The van der Waals surface area contributed by atoms with E-state index in [9.17, 15) is 5.21 Å². The third-order valence-electron chi connectivity index (χ3n) is 5.10. The van der Waals surface area contributed by atoms with Gasteiger partial charge in [0.1, 0.15) is 24.1 Å². The molecule has 5 atom stereocenters. The number of rotatable bonds is 4. The van der Waals surface area contributed by atoms with Gasteiger partial charge in [0.15, 0.2) is 23.9 Å². The highest BCUT2D eigenvalue weighted by Gasteiger charge is 2.62. The molecule has 0 aliphatic carbocycles. The number of hydroxylamine groups is 1. The molecule has 8 nitrogen and oxygen atoms in total. The van der Waals surface area contributed by atoms with E-state index < -0.39 is 36.1 Å². The van der Waals surface area contributed by atoms with Gasteiger partial charge in [0.25, 0.3) is 6.23 Å². The maximum absolute atomic E-state index is 12.9. The summed E-state index contributed by atoms with van der Waals surface area (Å²) < 4.78 is 35.7. The average Bonchev–Trinajstić information content (AvgIpc) is 3.25. The predicted octanol–water partition coefficient (Wildman–Crippen LogP) is 2.02. The summed E-state index contributed by atoms with van der Waals surface area (Å²) in [6, 6.07) is 7.20. The fourth-order valence-corrected chi connectivity index (χ4v) is 3.90. The van der Waals surface area contributed by atoms with E-state index in [2.05, 4.69) is 0 Å². The van der Waals surface area contributed by atoms with Crippen LogP contribution in [0.4, 0.5) is 0 Å². The third kappa shape index (κ3) is 3.75. The normalized spacial score (nSPS) is 36.5. The van der Waals surface area contributed by atoms with Gasteiger partial charge in [-0.15, -0.1) is 0 Å². The van der Waals surface area contributed by atoms with E-state index in [1.807, 2.05) is 27.7 Å². The highest BCUT2D eigenvalue weighted by atomic mass is 16.8. The predicted molar refractivity (Wildman–Crippen MR) is 99.2 cm³/mol. The smallest absolute Gasteiger partial charge is 0.297 e. The highest BCUT2D eigenvalue weighted by Crippen LogP contribution is 2.42. The van der Waals surface area contributed by atoms with Crippen LogP contribution < -0.4 is 4.74 Å². The topological polar surface area (TPSA) is 81.5 Å². The summed E-state index contributed by atoms with van der Waals surface area (Å²) in [5, 5.41) is 12.9. The van der Waals surface area contributed by atoms with Crippen LogP contribution >= 0.6 is 0 Å². The largest absolute Gasteiger partial charge is 0.622 e. The number of hydrogen-bond acceptors (Lipinski definition) is 7. The van der Waals surface area contributed by atoms with Crippen molar-refractivity contribution in [3.05, 3.63) is 35.0 Å². The molecule has 4 rings (SSSR count). The standard InChI is InChI=1S/C20H27NO7/c1-19(2)24-11-14(26-19)15-16-17(28-20(3,4)27-16)18(25-15)21(22)10-12-6-8-13(23-5)9-7-12/h6-10,14-18H,11H2,1-5H3/b21-10-/t14-,15-,16+,17+,18-/m1/s1. The van der Waals surface area contributed by atoms with Crippen LogP contribution in [0.3, 0.4) is 0 Å². The molecule has 28 heavy (non-hydrogen) atoms. The Morgan fingerprint density at radius 3 is 2.29 bits per heavy atom. The van der Waals surface area contributed by atoms with Gasteiger partial charge in [0, 0.05) is 5.56 Å². The van der Waals surface area contributed by atoms with Crippen LogP contribution in [-0.4, -0.2) is 66.9 Å². The minimum absolute atomic E-state index is 0.334. The minimum Gasteiger partial charge on any atom is -0.622 e. The van der Waals surface area contributed by atoms with Gasteiger partial charge in [-0.1, -0.05) is 0 Å². The van der Waals surface area contributed by atoms with Crippen LogP contribution in [0.5, 0.6) is 5.75 Å². The van der Waals surface area contributed by atoms with Crippen LogP contribution in [0.15, 0.2) is 24.3 Å². The molecule has 3 fully saturated rings. The zero-order valence-electron chi connectivity index (χ0n) is 16.8. The zero-order chi connectivity index (χ0) is 20.1. The van der Waals surface area contributed by atoms with E-state index in [1.54, 1.807) is 31.4 Å². The molecule has 3 aliphatic rings. The van der Waals surface area contributed by atoms with Crippen molar-refractivity contribution in [1.82, 2.24) is 0 Å².